The Morgan fingerprint density at radius 1 is 1.50 bits per heavy atom. The number of carboxylic acid groups (broad SMARTS) is 1. The molecule has 0 spiro atoms. The molecular formula is C10H18FNO2. The molecule has 0 aromatic heterocycles. The van der Waals surface area contributed by atoms with Crippen LogP contribution in [0.15, 0.2) is 0 Å². The van der Waals surface area contributed by atoms with Gasteiger partial charge in [0.2, 0.25) is 0 Å². The van der Waals surface area contributed by atoms with Crippen LogP contribution in [0.4, 0.5) is 4.39 Å². The van der Waals surface area contributed by atoms with Crippen LogP contribution in [0, 0.1) is 5.41 Å². The number of likely N-dealkylation sites (tertiary alicyclic amines) is 1. The number of hydrogen-bond acceptors (Lipinski definition) is 2. The first-order valence-electron chi connectivity index (χ1n) is 5.06. The second-order valence-electron chi connectivity index (χ2n) is 4.43. The van der Waals surface area contributed by atoms with Crippen LogP contribution in [0.1, 0.15) is 26.2 Å². The van der Waals surface area contributed by atoms with Crippen molar-refractivity contribution in [2.45, 2.75) is 26.2 Å². The lowest BCUT2D eigenvalue weighted by atomic mass is 9.82. The van der Waals surface area contributed by atoms with Gasteiger partial charge >= 0.3 is 5.97 Å². The van der Waals surface area contributed by atoms with E-state index in [1.165, 1.54) is 0 Å². The molecule has 0 radical (unpaired) electrons. The van der Waals surface area contributed by atoms with Crippen LogP contribution in [0.25, 0.3) is 0 Å². The Balaban J connectivity index is 2.25. The maximum Gasteiger partial charge on any atom is 0.304 e. The summed E-state index contributed by atoms with van der Waals surface area (Å²) in [4.78, 5) is 12.4. The van der Waals surface area contributed by atoms with Crippen LogP contribution in [0.2, 0.25) is 0 Å². The molecule has 0 unspecified atom stereocenters. The van der Waals surface area contributed by atoms with Crippen LogP contribution in [-0.4, -0.2) is 42.3 Å². The molecule has 1 saturated heterocycles. The lowest BCUT2D eigenvalue weighted by molar-refractivity contribution is -0.137. The van der Waals surface area contributed by atoms with Crippen molar-refractivity contribution in [3.63, 3.8) is 0 Å². The number of piperidine rings is 1. The molecule has 14 heavy (non-hydrogen) atoms. The number of alkyl halides is 1. The van der Waals surface area contributed by atoms with E-state index < -0.39 is 5.97 Å². The maximum atomic E-state index is 12.6. The molecule has 0 amide bonds. The largest absolute Gasteiger partial charge is 0.481 e. The van der Waals surface area contributed by atoms with Gasteiger partial charge in [-0.1, -0.05) is 6.92 Å². The molecular weight excluding hydrogens is 185 g/mol. The number of nitrogens with zero attached hydrogens (tertiary/aromatic N) is 1. The zero-order valence-electron chi connectivity index (χ0n) is 8.63. The average molecular weight is 203 g/mol. The first-order chi connectivity index (χ1) is 6.56. The van der Waals surface area contributed by atoms with Crippen molar-refractivity contribution < 1.29 is 14.3 Å². The van der Waals surface area contributed by atoms with E-state index >= 15 is 0 Å². The number of aliphatic carboxylic acids is 1. The predicted molar refractivity (Wildman–Crippen MR) is 52.0 cm³/mol. The highest BCUT2D eigenvalue weighted by atomic mass is 19.1. The zero-order valence-corrected chi connectivity index (χ0v) is 8.63. The van der Waals surface area contributed by atoms with E-state index in [9.17, 15) is 9.18 Å². The average Bonchev–Trinajstić information content (AvgIpc) is 2.17. The molecule has 0 saturated carbocycles. The SMILES string of the molecule is CC1(CF)CCN(CCC(=O)O)CC1. The topological polar surface area (TPSA) is 40.5 Å². The van der Waals surface area contributed by atoms with Crippen molar-refractivity contribution in [1.82, 2.24) is 4.90 Å². The molecule has 1 aliphatic rings. The number of carbonyl (C=O) groups is 1. The molecule has 0 aromatic carbocycles. The van der Waals surface area contributed by atoms with E-state index in [2.05, 4.69) is 4.90 Å². The molecule has 1 rings (SSSR count). The minimum Gasteiger partial charge on any atom is -0.481 e. The van der Waals surface area contributed by atoms with E-state index in [0.29, 0.717) is 6.54 Å². The summed E-state index contributed by atoms with van der Waals surface area (Å²) in [5.41, 5.74) is -0.167. The number of hydrogen-bond donors (Lipinski definition) is 1. The molecule has 0 bridgehead atoms. The Morgan fingerprint density at radius 3 is 2.50 bits per heavy atom. The van der Waals surface area contributed by atoms with E-state index in [4.69, 9.17) is 5.11 Å². The third-order valence-corrected chi connectivity index (χ3v) is 3.03. The summed E-state index contributed by atoms with van der Waals surface area (Å²) < 4.78 is 12.6. The summed E-state index contributed by atoms with van der Waals surface area (Å²) in [5, 5.41) is 8.51. The lowest BCUT2D eigenvalue weighted by Gasteiger charge is -2.37. The van der Waals surface area contributed by atoms with Crippen molar-refractivity contribution in [2.24, 2.45) is 5.41 Å². The van der Waals surface area contributed by atoms with Crippen LogP contribution in [0.5, 0.6) is 0 Å². The van der Waals surface area contributed by atoms with Gasteiger partial charge < -0.3 is 10.0 Å². The minimum absolute atomic E-state index is 0.167. The third-order valence-electron chi connectivity index (χ3n) is 3.03. The summed E-state index contributed by atoms with van der Waals surface area (Å²) in [7, 11) is 0. The molecule has 1 fully saturated rings. The monoisotopic (exact) mass is 203 g/mol. The van der Waals surface area contributed by atoms with Crippen molar-refractivity contribution in [2.75, 3.05) is 26.3 Å². The standard InChI is InChI=1S/C10H18FNO2/c1-10(8-11)3-6-12(7-4-10)5-2-9(13)14/h2-8H2,1H3,(H,13,14). The summed E-state index contributed by atoms with van der Waals surface area (Å²) in [6, 6.07) is 0. The lowest BCUT2D eigenvalue weighted by Crippen LogP contribution is -2.40. The van der Waals surface area contributed by atoms with Crippen molar-refractivity contribution in [1.29, 1.82) is 0 Å². The van der Waals surface area contributed by atoms with Gasteiger partial charge in [0.15, 0.2) is 0 Å². The number of halogens is 1. The van der Waals surface area contributed by atoms with E-state index in [1.54, 1.807) is 0 Å². The Morgan fingerprint density at radius 2 is 2.07 bits per heavy atom. The highest BCUT2D eigenvalue weighted by molar-refractivity contribution is 5.66. The molecule has 3 nitrogen and oxygen atoms in total. The predicted octanol–water partition coefficient (Wildman–Crippen LogP) is 1.53. The van der Waals surface area contributed by atoms with Gasteiger partial charge in [-0.3, -0.25) is 9.18 Å². The first-order valence-corrected chi connectivity index (χ1v) is 5.06. The molecule has 82 valence electrons. The Bertz CT molecular complexity index is 200. The van der Waals surface area contributed by atoms with Gasteiger partial charge in [0.05, 0.1) is 13.1 Å². The van der Waals surface area contributed by atoms with Gasteiger partial charge in [0.25, 0.3) is 0 Å². The highest BCUT2D eigenvalue weighted by Crippen LogP contribution is 2.30. The zero-order chi connectivity index (χ0) is 10.6. The number of rotatable bonds is 4. The van der Waals surface area contributed by atoms with Gasteiger partial charge in [-0.2, -0.15) is 0 Å². The van der Waals surface area contributed by atoms with E-state index in [1.807, 2.05) is 6.92 Å². The van der Waals surface area contributed by atoms with Crippen LogP contribution in [-0.2, 0) is 4.79 Å². The second-order valence-corrected chi connectivity index (χ2v) is 4.43. The van der Waals surface area contributed by atoms with Crippen molar-refractivity contribution in [3.05, 3.63) is 0 Å². The van der Waals surface area contributed by atoms with Gasteiger partial charge in [-0.15, -0.1) is 0 Å². The summed E-state index contributed by atoms with van der Waals surface area (Å²) in [5.74, 6) is -0.760. The van der Waals surface area contributed by atoms with Gasteiger partial charge in [0, 0.05) is 6.54 Å². The molecule has 0 atom stereocenters. The maximum absolute atomic E-state index is 12.6. The van der Waals surface area contributed by atoms with E-state index in [0.717, 1.165) is 25.9 Å². The molecule has 0 aliphatic carbocycles. The fourth-order valence-electron chi connectivity index (χ4n) is 1.70. The van der Waals surface area contributed by atoms with Crippen LogP contribution < -0.4 is 0 Å². The quantitative estimate of drug-likeness (QED) is 0.753. The van der Waals surface area contributed by atoms with Gasteiger partial charge in [-0.05, 0) is 31.3 Å². The third kappa shape index (κ3) is 3.25. The normalized spacial score (nSPS) is 22.1. The highest BCUT2D eigenvalue weighted by Gasteiger charge is 2.29. The molecule has 1 aliphatic heterocycles. The number of carboxylic acids is 1. The van der Waals surface area contributed by atoms with Crippen molar-refractivity contribution >= 4 is 5.97 Å². The Hall–Kier alpha value is -0.640. The summed E-state index contributed by atoms with van der Waals surface area (Å²) in [6.07, 6.45) is 1.86. The Labute approximate surface area is 83.9 Å². The van der Waals surface area contributed by atoms with Crippen LogP contribution >= 0.6 is 0 Å². The fourth-order valence-corrected chi connectivity index (χ4v) is 1.70. The minimum atomic E-state index is -0.760. The fraction of sp³-hybridized carbons (Fsp3) is 0.900. The van der Waals surface area contributed by atoms with Gasteiger partial charge in [0.1, 0.15) is 0 Å². The second kappa shape index (κ2) is 4.73. The summed E-state index contributed by atoms with van der Waals surface area (Å²) >= 11 is 0. The van der Waals surface area contributed by atoms with E-state index in [-0.39, 0.29) is 18.5 Å². The molecule has 1 heterocycles. The van der Waals surface area contributed by atoms with Gasteiger partial charge in [-0.25, -0.2) is 0 Å². The molecule has 4 heteroatoms. The first kappa shape index (κ1) is 11.4. The Kier molecular flexibility index (Phi) is 3.86. The van der Waals surface area contributed by atoms with Crippen molar-refractivity contribution in [3.8, 4) is 0 Å². The smallest absolute Gasteiger partial charge is 0.304 e. The molecule has 0 aromatic rings. The molecule has 1 N–H and O–H groups in total. The van der Waals surface area contributed by atoms with Crippen LogP contribution in [0.3, 0.4) is 0 Å². The summed E-state index contributed by atoms with van der Waals surface area (Å²) in [6.45, 7) is 3.94.